The van der Waals surface area contributed by atoms with Gasteiger partial charge in [-0.05, 0) is 48.8 Å². The summed E-state index contributed by atoms with van der Waals surface area (Å²) < 4.78 is 39.1. The third-order valence-corrected chi connectivity index (χ3v) is 6.48. The summed E-state index contributed by atoms with van der Waals surface area (Å²) in [5.41, 5.74) is 0.680. The fourth-order valence-corrected chi connectivity index (χ4v) is 4.55. The molecule has 2 aromatic carbocycles. The standard InChI is InChI=1S/C19H22BrNO5S2/c1-25-18-9-8-15(20)12-14(18)13-26-19(22)17(10-11-27-2)21-28(23,24)16-6-4-3-5-7-16/h3-9,12,17,21H,10-11,13H2,1-2H3. The number of thioether (sulfide) groups is 1. The molecular formula is C19H22BrNO5S2. The van der Waals surface area contributed by atoms with Gasteiger partial charge in [0.15, 0.2) is 0 Å². The Morgan fingerprint density at radius 2 is 1.93 bits per heavy atom. The summed E-state index contributed by atoms with van der Waals surface area (Å²) in [6.07, 6.45) is 2.21. The molecule has 2 rings (SSSR count). The summed E-state index contributed by atoms with van der Waals surface area (Å²) in [7, 11) is -2.30. The molecular weight excluding hydrogens is 466 g/mol. The molecule has 2 aromatic rings. The second kappa shape index (κ2) is 10.8. The zero-order valence-corrected chi connectivity index (χ0v) is 18.8. The number of benzene rings is 2. The number of carbonyl (C=O) groups excluding carboxylic acids is 1. The van der Waals surface area contributed by atoms with E-state index < -0.39 is 22.0 Å². The Hall–Kier alpha value is -1.55. The lowest BCUT2D eigenvalue weighted by Gasteiger charge is -2.18. The third kappa shape index (κ3) is 6.51. The Bertz CT molecular complexity index is 890. The van der Waals surface area contributed by atoms with Crippen molar-refractivity contribution in [1.82, 2.24) is 4.72 Å². The quantitative estimate of drug-likeness (QED) is 0.515. The summed E-state index contributed by atoms with van der Waals surface area (Å²) in [4.78, 5) is 12.7. The zero-order chi connectivity index (χ0) is 20.6. The third-order valence-electron chi connectivity index (χ3n) is 3.86. The van der Waals surface area contributed by atoms with Crippen molar-refractivity contribution in [2.24, 2.45) is 0 Å². The first-order valence-corrected chi connectivity index (χ1v) is 12.1. The van der Waals surface area contributed by atoms with Gasteiger partial charge in [0, 0.05) is 10.0 Å². The highest BCUT2D eigenvalue weighted by atomic mass is 79.9. The molecule has 1 atom stereocenters. The molecule has 9 heteroatoms. The maximum atomic E-state index is 12.6. The summed E-state index contributed by atoms with van der Waals surface area (Å²) in [6.45, 7) is -0.0235. The lowest BCUT2D eigenvalue weighted by atomic mass is 10.2. The van der Waals surface area contributed by atoms with Gasteiger partial charge in [-0.2, -0.15) is 16.5 Å². The summed E-state index contributed by atoms with van der Waals surface area (Å²) in [5.74, 6) is 0.564. The molecule has 6 nitrogen and oxygen atoms in total. The van der Waals surface area contributed by atoms with E-state index >= 15 is 0 Å². The van der Waals surface area contributed by atoms with Crippen LogP contribution < -0.4 is 9.46 Å². The number of ether oxygens (including phenoxy) is 2. The number of rotatable bonds is 10. The van der Waals surface area contributed by atoms with Crippen molar-refractivity contribution >= 4 is 43.7 Å². The molecule has 0 saturated carbocycles. The van der Waals surface area contributed by atoms with Crippen molar-refractivity contribution in [2.75, 3.05) is 19.1 Å². The molecule has 0 fully saturated rings. The minimum atomic E-state index is -3.83. The molecule has 0 amide bonds. The van der Waals surface area contributed by atoms with Gasteiger partial charge in [0.2, 0.25) is 10.0 Å². The van der Waals surface area contributed by atoms with E-state index in [4.69, 9.17) is 9.47 Å². The number of hydrogen-bond acceptors (Lipinski definition) is 6. The van der Waals surface area contributed by atoms with Crippen LogP contribution in [0.2, 0.25) is 0 Å². The van der Waals surface area contributed by atoms with Gasteiger partial charge < -0.3 is 9.47 Å². The van der Waals surface area contributed by atoms with Crippen LogP contribution in [0.1, 0.15) is 12.0 Å². The number of carbonyl (C=O) groups is 1. The van der Waals surface area contributed by atoms with E-state index in [0.717, 1.165) is 4.47 Å². The SMILES string of the molecule is COc1ccc(Br)cc1COC(=O)C(CCSC)NS(=O)(=O)c1ccccc1. The highest BCUT2D eigenvalue weighted by Gasteiger charge is 2.27. The summed E-state index contributed by atoms with van der Waals surface area (Å²) >= 11 is 4.89. The molecule has 1 N–H and O–H groups in total. The van der Waals surface area contributed by atoms with E-state index in [9.17, 15) is 13.2 Å². The molecule has 0 aromatic heterocycles. The van der Waals surface area contributed by atoms with Crippen molar-refractivity contribution in [3.63, 3.8) is 0 Å². The number of esters is 1. The van der Waals surface area contributed by atoms with E-state index in [0.29, 0.717) is 23.5 Å². The van der Waals surface area contributed by atoms with Gasteiger partial charge in [-0.1, -0.05) is 34.1 Å². The van der Waals surface area contributed by atoms with Gasteiger partial charge in [0.25, 0.3) is 0 Å². The van der Waals surface area contributed by atoms with Crippen LogP contribution >= 0.6 is 27.7 Å². The lowest BCUT2D eigenvalue weighted by Crippen LogP contribution is -2.42. The smallest absolute Gasteiger partial charge is 0.324 e. The summed E-state index contributed by atoms with van der Waals surface area (Å²) in [5, 5.41) is 0. The Morgan fingerprint density at radius 1 is 1.21 bits per heavy atom. The normalized spacial score (nSPS) is 12.4. The molecule has 152 valence electrons. The average molecular weight is 488 g/mol. The van der Waals surface area contributed by atoms with E-state index in [1.54, 1.807) is 30.3 Å². The van der Waals surface area contributed by atoms with Crippen molar-refractivity contribution in [3.05, 3.63) is 58.6 Å². The molecule has 0 radical (unpaired) electrons. The maximum Gasteiger partial charge on any atom is 0.324 e. The predicted octanol–water partition coefficient (Wildman–Crippen LogP) is 3.60. The minimum absolute atomic E-state index is 0.0235. The van der Waals surface area contributed by atoms with Gasteiger partial charge in [-0.25, -0.2) is 8.42 Å². The Balaban J connectivity index is 2.12. The molecule has 0 spiro atoms. The minimum Gasteiger partial charge on any atom is -0.496 e. The Kier molecular flexibility index (Phi) is 8.81. The molecule has 0 aliphatic carbocycles. The van der Waals surface area contributed by atoms with Crippen LogP contribution in [0.25, 0.3) is 0 Å². The van der Waals surface area contributed by atoms with Crippen LogP contribution in [0.4, 0.5) is 0 Å². The number of sulfonamides is 1. The van der Waals surface area contributed by atoms with E-state index in [1.807, 2.05) is 12.3 Å². The first kappa shape index (κ1) is 22.7. The highest BCUT2D eigenvalue weighted by molar-refractivity contribution is 9.10. The lowest BCUT2D eigenvalue weighted by molar-refractivity contribution is -0.147. The zero-order valence-electron chi connectivity index (χ0n) is 15.6. The number of methoxy groups -OCH3 is 1. The second-order valence-electron chi connectivity index (χ2n) is 5.83. The van der Waals surface area contributed by atoms with Crippen molar-refractivity contribution in [3.8, 4) is 5.75 Å². The molecule has 28 heavy (non-hydrogen) atoms. The molecule has 0 saturated heterocycles. The van der Waals surface area contributed by atoms with Crippen LogP contribution in [0.5, 0.6) is 5.75 Å². The Labute approximate surface area is 178 Å². The molecule has 0 aliphatic rings. The molecule has 0 bridgehead atoms. The number of hydrogen-bond donors (Lipinski definition) is 1. The fourth-order valence-electron chi connectivity index (χ4n) is 2.42. The van der Waals surface area contributed by atoms with Gasteiger partial charge in [0.1, 0.15) is 18.4 Å². The van der Waals surface area contributed by atoms with Gasteiger partial charge in [-0.3, -0.25) is 4.79 Å². The first-order valence-electron chi connectivity index (χ1n) is 8.42. The first-order chi connectivity index (χ1) is 13.4. The van der Waals surface area contributed by atoms with Crippen LogP contribution in [0, 0.1) is 0 Å². The second-order valence-corrected chi connectivity index (χ2v) is 9.45. The van der Waals surface area contributed by atoms with Crippen LogP contribution in [-0.4, -0.2) is 39.5 Å². The Morgan fingerprint density at radius 3 is 2.57 bits per heavy atom. The molecule has 0 heterocycles. The van der Waals surface area contributed by atoms with Crippen molar-refractivity contribution in [1.29, 1.82) is 0 Å². The van der Waals surface area contributed by atoms with Gasteiger partial charge in [-0.15, -0.1) is 0 Å². The molecule has 1 unspecified atom stereocenters. The van der Waals surface area contributed by atoms with Crippen molar-refractivity contribution < 1.29 is 22.7 Å². The maximum absolute atomic E-state index is 12.6. The average Bonchev–Trinajstić information content (AvgIpc) is 2.70. The monoisotopic (exact) mass is 487 g/mol. The van der Waals surface area contributed by atoms with E-state index in [1.165, 1.54) is 31.0 Å². The number of halogens is 1. The van der Waals surface area contributed by atoms with Crippen LogP contribution in [-0.2, 0) is 26.2 Å². The van der Waals surface area contributed by atoms with Gasteiger partial charge in [0.05, 0.1) is 12.0 Å². The van der Waals surface area contributed by atoms with Crippen molar-refractivity contribution in [2.45, 2.75) is 24.0 Å². The van der Waals surface area contributed by atoms with E-state index in [-0.39, 0.29) is 11.5 Å². The summed E-state index contributed by atoms with van der Waals surface area (Å²) in [6, 6.07) is 12.3. The molecule has 0 aliphatic heterocycles. The van der Waals surface area contributed by atoms with Crippen LogP contribution in [0.15, 0.2) is 57.9 Å². The topological polar surface area (TPSA) is 81.7 Å². The largest absolute Gasteiger partial charge is 0.496 e. The van der Waals surface area contributed by atoms with Crippen LogP contribution in [0.3, 0.4) is 0 Å². The highest BCUT2D eigenvalue weighted by Crippen LogP contribution is 2.24. The fraction of sp³-hybridized carbons (Fsp3) is 0.316. The number of nitrogens with one attached hydrogen (secondary N) is 1. The van der Waals surface area contributed by atoms with E-state index in [2.05, 4.69) is 20.7 Å². The van der Waals surface area contributed by atoms with Gasteiger partial charge >= 0.3 is 5.97 Å². The predicted molar refractivity (Wildman–Crippen MR) is 114 cm³/mol.